The second kappa shape index (κ2) is 10.3. The summed E-state index contributed by atoms with van der Waals surface area (Å²) in [4.78, 5) is 22.4. The molecule has 9 heteroatoms. The van der Waals surface area contributed by atoms with Gasteiger partial charge in [0.2, 0.25) is 11.9 Å². The van der Waals surface area contributed by atoms with Crippen LogP contribution < -0.4 is 20.7 Å². The SMILES string of the molecule is C=CC(=O)Nc1cccc(Nc2nc(Nc3ccc(OCC45CCN(CC4)CC5)cc3)ncc2F)c1. The molecule has 0 saturated carbocycles. The van der Waals surface area contributed by atoms with E-state index in [0.717, 1.165) is 24.2 Å². The molecule has 0 atom stereocenters. The Bertz CT molecular complexity index is 1230. The first-order chi connectivity index (χ1) is 17.5. The van der Waals surface area contributed by atoms with Crippen molar-refractivity contribution in [1.82, 2.24) is 14.9 Å². The molecule has 0 aliphatic carbocycles. The van der Waals surface area contributed by atoms with Gasteiger partial charge in [0.25, 0.3) is 0 Å². The number of carbonyl (C=O) groups excluding carboxylic acids is 1. The lowest BCUT2D eigenvalue weighted by molar-refractivity contribution is -0.111. The summed E-state index contributed by atoms with van der Waals surface area (Å²) in [6.07, 6.45) is 5.91. The highest BCUT2D eigenvalue weighted by Crippen LogP contribution is 2.40. The van der Waals surface area contributed by atoms with Gasteiger partial charge in [-0.25, -0.2) is 9.37 Å². The number of piperidine rings is 3. The van der Waals surface area contributed by atoms with Crippen LogP contribution in [0.3, 0.4) is 0 Å². The fourth-order valence-corrected chi connectivity index (χ4v) is 4.63. The molecule has 4 heterocycles. The van der Waals surface area contributed by atoms with Gasteiger partial charge in [0.1, 0.15) is 5.75 Å². The van der Waals surface area contributed by atoms with E-state index < -0.39 is 5.82 Å². The Morgan fingerprint density at radius 1 is 1.06 bits per heavy atom. The number of amides is 1. The van der Waals surface area contributed by atoms with E-state index in [4.69, 9.17) is 4.74 Å². The number of halogens is 1. The van der Waals surface area contributed by atoms with Crippen molar-refractivity contribution in [2.45, 2.75) is 19.3 Å². The second-order valence-electron chi connectivity index (χ2n) is 9.32. The average molecular weight is 489 g/mol. The molecule has 3 fully saturated rings. The molecule has 6 rings (SSSR count). The predicted octanol–water partition coefficient (Wildman–Crippen LogP) is 5.09. The number of rotatable bonds is 9. The topological polar surface area (TPSA) is 91.4 Å². The lowest BCUT2D eigenvalue weighted by Gasteiger charge is -2.48. The van der Waals surface area contributed by atoms with Gasteiger partial charge in [0.15, 0.2) is 11.6 Å². The molecule has 8 nitrogen and oxygen atoms in total. The lowest BCUT2D eigenvalue weighted by Crippen LogP contribution is -2.50. The normalized spacial score (nSPS) is 20.4. The number of anilines is 5. The largest absolute Gasteiger partial charge is 0.493 e. The van der Waals surface area contributed by atoms with Gasteiger partial charge in [-0.1, -0.05) is 12.6 Å². The van der Waals surface area contributed by atoms with Gasteiger partial charge < -0.3 is 25.6 Å². The third-order valence-electron chi connectivity index (χ3n) is 6.85. The van der Waals surface area contributed by atoms with E-state index in [9.17, 15) is 9.18 Å². The number of fused-ring (bicyclic) bond motifs is 3. The maximum atomic E-state index is 14.4. The lowest BCUT2D eigenvalue weighted by atomic mass is 9.73. The predicted molar refractivity (Wildman–Crippen MR) is 138 cm³/mol. The molecule has 2 bridgehead atoms. The number of nitrogens with zero attached hydrogens (tertiary/aromatic N) is 3. The molecule has 0 radical (unpaired) electrons. The highest BCUT2D eigenvalue weighted by atomic mass is 19.1. The molecule has 3 aliphatic heterocycles. The smallest absolute Gasteiger partial charge is 0.247 e. The summed E-state index contributed by atoms with van der Waals surface area (Å²) in [6.45, 7) is 7.72. The molecule has 186 valence electrons. The zero-order chi connectivity index (χ0) is 25.0. The summed E-state index contributed by atoms with van der Waals surface area (Å²) in [6, 6.07) is 14.5. The van der Waals surface area contributed by atoms with Crippen molar-refractivity contribution in [1.29, 1.82) is 0 Å². The zero-order valence-corrected chi connectivity index (χ0v) is 20.0. The fraction of sp³-hybridized carbons (Fsp3) is 0.296. The van der Waals surface area contributed by atoms with E-state index in [1.807, 2.05) is 24.3 Å². The Morgan fingerprint density at radius 3 is 2.50 bits per heavy atom. The van der Waals surface area contributed by atoms with Gasteiger partial charge in [-0.3, -0.25) is 4.79 Å². The van der Waals surface area contributed by atoms with E-state index in [-0.39, 0.29) is 17.7 Å². The highest BCUT2D eigenvalue weighted by Gasteiger charge is 2.39. The van der Waals surface area contributed by atoms with Gasteiger partial charge >= 0.3 is 0 Å². The van der Waals surface area contributed by atoms with Crippen LogP contribution in [0, 0.1) is 11.2 Å². The average Bonchev–Trinajstić information content (AvgIpc) is 2.91. The van der Waals surface area contributed by atoms with Crippen LogP contribution in [0.2, 0.25) is 0 Å². The van der Waals surface area contributed by atoms with Gasteiger partial charge in [0, 0.05) is 22.5 Å². The fourth-order valence-electron chi connectivity index (χ4n) is 4.63. The molecular formula is C27H29FN6O2. The minimum atomic E-state index is -0.599. The Balaban J connectivity index is 1.21. The van der Waals surface area contributed by atoms with E-state index in [0.29, 0.717) is 16.8 Å². The zero-order valence-electron chi connectivity index (χ0n) is 20.0. The Labute approximate surface area is 209 Å². The van der Waals surface area contributed by atoms with Crippen LogP contribution in [0.5, 0.6) is 5.75 Å². The molecule has 3 aliphatic rings. The third kappa shape index (κ3) is 5.63. The van der Waals surface area contributed by atoms with E-state index in [1.165, 1.54) is 45.0 Å². The van der Waals surface area contributed by atoms with Gasteiger partial charge in [0.05, 0.1) is 12.8 Å². The number of benzene rings is 2. The van der Waals surface area contributed by atoms with Crippen LogP contribution >= 0.6 is 0 Å². The minimum Gasteiger partial charge on any atom is -0.493 e. The summed E-state index contributed by atoms with van der Waals surface area (Å²) in [5, 5.41) is 8.70. The summed E-state index contributed by atoms with van der Waals surface area (Å²) in [7, 11) is 0. The Hall–Kier alpha value is -3.98. The van der Waals surface area contributed by atoms with Crippen LogP contribution in [0.4, 0.5) is 33.2 Å². The van der Waals surface area contributed by atoms with Gasteiger partial charge in [-0.15, -0.1) is 0 Å². The summed E-state index contributed by atoms with van der Waals surface area (Å²) < 4.78 is 20.5. The van der Waals surface area contributed by atoms with Gasteiger partial charge in [-0.05, 0) is 87.4 Å². The van der Waals surface area contributed by atoms with Crippen molar-refractivity contribution in [3.8, 4) is 5.75 Å². The molecule has 0 spiro atoms. The molecule has 1 amide bonds. The molecule has 3 aromatic rings. The number of nitrogens with one attached hydrogen (secondary N) is 3. The molecule has 3 saturated heterocycles. The van der Waals surface area contributed by atoms with E-state index in [2.05, 4.69) is 37.4 Å². The summed E-state index contributed by atoms with van der Waals surface area (Å²) >= 11 is 0. The van der Waals surface area contributed by atoms with Crippen LogP contribution in [-0.2, 0) is 4.79 Å². The Morgan fingerprint density at radius 2 is 1.78 bits per heavy atom. The maximum absolute atomic E-state index is 14.4. The first kappa shape index (κ1) is 23.7. The Kier molecular flexibility index (Phi) is 6.81. The highest BCUT2D eigenvalue weighted by molar-refractivity contribution is 5.99. The number of hydrogen-bond donors (Lipinski definition) is 3. The number of hydrogen-bond acceptors (Lipinski definition) is 7. The second-order valence-corrected chi connectivity index (χ2v) is 9.32. The van der Waals surface area contributed by atoms with Crippen molar-refractivity contribution >= 4 is 34.7 Å². The standard InChI is InChI=1S/C27H29FN6O2/c1-2-24(35)30-20-4-3-5-21(16-20)31-25-23(28)17-29-26(33-25)32-19-6-8-22(9-7-19)36-18-27-10-13-34(14-11-27)15-12-27/h2-9,16-17H,1,10-15,18H2,(H,30,35)(H2,29,31,32,33). The number of ether oxygens (including phenoxy) is 1. The van der Waals surface area contributed by atoms with Crippen molar-refractivity contribution in [3.63, 3.8) is 0 Å². The summed E-state index contributed by atoms with van der Waals surface area (Å²) in [5.74, 6) is 0.155. The molecular weight excluding hydrogens is 459 g/mol. The van der Waals surface area contributed by atoms with Crippen molar-refractivity contribution in [2.24, 2.45) is 5.41 Å². The minimum absolute atomic E-state index is 0.0115. The van der Waals surface area contributed by atoms with Crippen molar-refractivity contribution in [3.05, 3.63) is 73.2 Å². The van der Waals surface area contributed by atoms with E-state index >= 15 is 0 Å². The monoisotopic (exact) mass is 488 g/mol. The molecule has 36 heavy (non-hydrogen) atoms. The van der Waals surface area contributed by atoms with E-state index in [1.54, 1.807) is 24.3 Å². The summed E-state index contributed by atoms with van der Waals surface area (Å²) in [5.41, 5.74) is 2.19. The number of aromatic nitrogens is 2. The van der Waals surface area contributed by atoms with Crippen LogP contribution in [0.1, 0.15) is 19.3 Å². The van der Waals surface area contributed by atoms with Crippen molar-refractivity contribution < 1.29 is 13.9 Å². The molecule has 1 aromatic heterocycles. The van der Waals surface area contributed by atoms with Gasteiger partial charge in [-0.2, -0.15) is 4.98 Å². The van der Waals surface area contributed by atoms with Crippen LogP contribution in [-0.4, -0.2) is 47.0 Å². The molecule has 3 N–H and O–H groups in total. The molecule has 2 aromatic carbocycles. The maximum Gasteiger partial charge on any atom is 0.247 e. The van der Waals surface area contributed by atoms with Crippen molar-refractivity contribution in [2.75, 3.05) is 42.2 Å². The van der Waals surface area contributed by atoms with Crippen LogP contribution in [0.15, 0.2) is 67.4 Å². The molecule has 0 unspecified atom stereocenters. The first-order valence-corrected chi connectivity index (χ1v) is 12.1. The quantitative estimate of drug-likeness (QED) is 0.361. The number of carbonyl (C=O) groups is 1. The first-order valence-electron chi connectivity index (χ1n) is 12.1. The van der Waals surface area contributed by atoms with Crippen LogP contribution in [0.25, 0.3) is 0 Å². The third-order valence-corrected chi connectivity index (χ3v) is 6.85.